The first-order valence-electron chi connectivity index (χ1n) is 8.41. The molecule has 0 aliphatic carbocycles. The lowest BCUT2D eigenvalue weighted by atomic mass is 9.84. The molecule has 0 aliphatic heterocycles. The smallest absolute Gasteiger partial charge is 0.0393 e. The van der Waals surface area contributed by atoms with Crippen LogP contribution in [-0.2, 0) is 0 Å². The summed E-state index contributed by atoms with van der Waals surface area (Å²) in [5.41, 5.74) is 4.40. The molecule has 1 aromatic rings. The van der Waals surface area contributed by atoms with Crippen LogP contribution in [-0.4, -0.2) is 26.7 Å². The molecule has 0 aliphatic rings. The summed E-state index contributed by atoms with van der Waals surface area (Å²) in [7, 11) is 2.23. The molecule has 0 saturated heterocycles. The molecule has 0 saturated carbocycles. The Morgan fingerprint density at radius 1 is 1.14 bits per heavy atom. The molecule has 21 heavy (non-hydrogen) atoms. The second-order valence-corrected chi connectivity index (χ2v) is 6.88. The number of anilines is 1. The number of hydrogen-bond acceptors (Lipinski definition) is 2. The van der Waals surface area contributed by atoms with E-state index in [-0.39, 0.29) is 0 Å². The van der Waals surface area contributed by atoms with Crippen LogP contribution in [0.4, 0.5) is 5.69 Å². The van der Waals surface area contributed by atoms with E-state index in [4.69, 9.17) is 0 Å². The van der Waals surface area contributed by atoms with E-state index in [1.54, 1.807) is 0 Å². The van der Waals surface area contributed by atoms with Gasteiger partial charge in [-0.25, -0.2) is 0 Å². The Kier molecular flexibility index (Phi) is 7.24. The molecule has 1 N–H and O–H groups in total. The van der Waals surface area contributed by atoms with Crippen LogP contribution < -0.4 is 10.2 Å². The summed E-state index contributed by atoms with van der Waals surface area (Å²) < 4.78 is 0. The van der Waals surface area contributed by atoms with E-state index in [1.807, 2.05) is 0 Å². The zero-order chi connectivity index (χ0) is 15.9. The molecule has 0 radical (unpaired) electrons. The first-order chi connectivity index (χ1) is 9.91. The van der Waals surface area contributed by atoms with Crippen LogP contribution in [0.15, 0.2) is 18.2 Å². The van der Waals surface area contributed by atoms with Crippen molar-refractivity contribution in [1.82, 2.24) is 5.32 Å². The quantitative estimate of drug-likeness (QED) is 0.671. The lowest BCUT2D eigenvalue weighted by molar-refractivity contribution is 0.284. The van der Waals surface area contributed by atoms with Gasteiger partial charge in [-0.1, -0.05) is 44.9 Å². The van der Waals surface area contributed by atoms with Crippen LogP contribution in [0, 0.1) is 19.3 Å². The van der Waals surface area contributed by atoms with E-state index < -0.39 is 0 Å². The van der Waals surface area contributed by atoms with Crippen LogP contribution >= 0.6 is 0 Å². The summed E-state index contributed by atoms with van der Waals surface area (Å²) in [5.74, 6) is 0. The van der Waals surface area contributed by atoms with Crippen molar-refractivity contribution in [2.75, 3.05) is 31.6 Å². The second-order valence-electron chi connectivity index (χ2n) is 6.88. The van der Waals surface area contributed by atoms with Crippen molar-refractivity contribution >= 4 is 5.69 Å². The van der Waals surface area contributed by atoms with Crippen molar-refractivity contribution < 1.29 is 0 Å². The van der Waals surface area contributed by atoms with Gasteiger partial charge in [-0.05, 0) is 50.3 Å². The van der Waals surface area contributed by atoms with Gasteiger partial charge < -0.3 is 10.2 Å². The van der Waals surface area contributed by atoms with Crippen molar-refractivity contribution in [3.05, 3.63) is 29.3 Å². The Hall–Kier alpha value is -1.02. The maximum atomic E-state index is 3.61. The molecule has 0 spiro atoms. The Morgan fingerprint density at radius 3 is 2.43 bits per heavy atom. The van der Waals surface area contributed by atoms with E-state index >= 15 is 0 Å². The van der Waals surface area contributed by atoms with Crippen LogP contribution in [0.1, 0.15) is 51.2 Å². The summed E-state index contributed by atoms with van der Waals surface area (Å²) in [6, 6.07) is 6.75. The third kappa shape index (κ3) is 5.70. The number of nitrogens with zero attached hydrogens (tertiary/aromatic N) is 1. The maximum absolute atomic E-state index is 3.61. The molecular weight excluding hydrogens is 256 g/mol. The molecule has 0 fully saturated rings. The molecule has 0 amide bonds. The minimum atomic E-state index is 0.329. The number of hydrogen-bond donors (Lipinski definition) is 1. The van der Waals surface area contributed by atoms with Gasteiger partial charge in [0.25, 0.3) is 0 Å². The van der Waals surface area contributed by atoms with E-state index in [0.717, 1.165) is 19.6 Å². The largest absolute Gasteiger partial charge is 0.374 e. The van der Waals surface area contributed by atoms with Gasteiger partial charge in [0.1, 0.15) is 0 Å². The molecule has 2 nitrogen and oxygen atoms in total. The van der Waals surface area contributed by atoms with E-state index in [0.29, 0.717) is 5.41 Å². The van der Waals surface area contributed by atoms with Gasteiger partial charge >= 0.3 is 0 Å². The summed E-state index contributed by atoms with van der Waals surface area (Å²) >= 11 is 0. The van der Waals surface area contributed by atoms with Crippen molar-refractivity contribution in [1.29, 1.82) is 0 Å². The fourth-order valence-corrected chi connectivity index (χ4v) is 3.29. The average Bonchev–Trinajstić information content (AvgIpc) is 2.38. The minimum Gasteiger partial charge on any atom is -0.374 e. The molecular formula is C19H34N2. The van der Waals surface area contributed by atoms with Gasteiger partial charge in [-0.15, -0.1) is 0 Å². The Morgan fingerprint density at radius 2 is 1.86 bits per heavy atom. The summed E-state index contributed by atoms with van der Waals surface area (Å²) in [6.45, 7) is 14.6. The normalized spacial score (nSPS) is 14.0. The highest BCUT2D eigenvalue weighted by molar-refractivity contribution is 5.53. The number of benzene rings is 1. The molecule has 1 atom stereocenters. The van der Waals surface area contributed by atoms with Gasteiger partial charge in [-0.3, -0.25) is 0 Å². The molecule has 120 valence electrons. The minimum absolute atomic E-state index is 0.329. The summed E-state index contributed by atoms with van der Waals surface area (Å²) in [6.07, 6.45) is 3.71. The van der Waals surface area contributed by atoms with Crippen molar-refractivity contribution in [3.63, 3.8) is 0 Å². The maximum Gasteiger partial charge on any atom is 0.0393 e. The van der Waals surface area contributed by atoms with Gasteiger partial charge in [0, 0.05) is 25.8 Å². The Bertz CT molecular complexity index is 428. The lowest BCUT2D eigenvalue weighted by Crippen LogP contribution is -2.41. The molecule has 0 heterocycles. The first kappa shape index (κ1) is 18.0. The number of rotatable bonds is 9. The van der Waals surface area contributed by atoms with E-state index in [1.165, 1.54) is 36.1 Å². The number of aryl methyl sites for hydroxylation is 2. The van der Waals surface area contributed by atoms with Crippen molar-refractivity contribution in [2.24, 2.45) is 5.41 Å². The van der Waals surface area contributed by atoms with Crippen molar-refractivity contribution in [3.8, 4) is 0 Å². The summed E-state index contributed by atoms with van der Waals surface area (Å²) in [5, 5.41) is 3.61. The van der Waals surface area contributed by atoms with Gasteiger partial charge in [0.05, 0.1) is 0 Å². The monoisotopic (exact) mass is 290 g/mol. The highest BCUT2D eigenvalue weighted by Crippen LogP contribution is 2.28. The highest BCUT2D eigenvalue weighted by atomic mass is 15.1. The van der Waals surface area contributed by atoms with Crippen LogP contribution in [0.2, 0.25) is 0 Å². The van der Waals surface area contributed by atoms with Crippen molar-refractivity contribution in [2.45, 2.75) is 53.9 Å². The molecule has 2 heteroatoms. The third-order valence-electron chi connectivity index (χ3n) is 4.21. The SMILES string of the molecule is CCCNCC(C)(CCC)CN(C)c1ccc(C)cc1C. The second kappa shape index (κ2) is 8.43. The molecule has 1 aromatic carbocycles. The Balaban J connectivity index is 2.77. The zero-order valence-corrected chi connectivity index (χ0v) is 14.9. The van der Waals surface area contributed by atoms with E-state index in [9.17, 15) is 0 Å². The van der Waals surface area contributed by atoms with Gasteiger partial charge in [-0.2, -0.15) is 0 Å². The average molecular weight is 290 g/mol. The fraction of sp³-hybridized carbons (Fsp3) is 0.684. The summed E-state index contributed by atoms with van der Waals surface area (Å²) in [4.78, 5) is 2.43. The third-order valence-corrected chi connectivity index (χ3v) is 4.21. The topological polar surface area (TPSA) is 15.3 Å². The Labute approximate surface area is 131 Å². The van der Waals surface area contributed by atoms with Crippen LogP contribution in [0.3, 0.4) is 0 Å². The predicted octanol–water partition coefficient (Wildman–Crippen LogP) is 4.55. The lowest BCUT2D eigenvalue weighted by Gasteiger charge is -2.36. The van der Waals surface area contributed by atoms with Gasteiger partial charge in [0.2, 0.25) is 0 Å². The molecule has 1 rings (SSSR count). The zero-order valence-electron chi connectivity index (χ0n) is 14.9. The van der Waals surface area contributed by atoms with Crippen LogP contribution in [0.25, 0.3) is 0 Å². The molecule has 0 aromatic heterocycles. The van der Waals surface area contributed by atoms with E-state index in [2.05, 4.69) is 70.1 Å². The molecule has 0 bridgehead atoms. The standard InChI is InChI=1S/C19H34N2/c1-7-11-19(5,14-20-12-8-2)15-21(6)18-10-9-16(3)13-17(18)4/h9-10,13,20H,7-8,11-12,14-15H2,1-6H3. The predicted molar refractivity (Wildman–Crippen MR) is 95.4 cm³/mol. The highest BCUT2D eigenvalue weighted by Gasteiger charge is 2.25. The first-order valence-corrected chi connectivity index (χ1v) is 8.41. The van der Waals surface area contributed by atoms with Gasteiger partial charge in [0.15, 0.2) is 0 Å². The fourth-order valence-electron chi connectivity index (χ4n) is 3.29. The van der Waals surface area contributed by atoms with Crippen LogP contribution in [0.5, 0.6) is 0 Å². The molecule has 1 unspecified atom stereocenters. The number of nitrogens with one attached hydrogen (secondary N) is 1.